The number of aryl methyl sites for hydroxylation is 1. The van der Waals surface area contributed by atoms with Crippen LogP contribution in [0.25, 0.3) is 11.5 Å². The minimum Gasteiger partial charge on any atom is -0.493 e. The predicted octanol–water partition coefficient (Wildman–Crippen LogP) is 0.999. The Morgan fingerprint density at radius 1 is 1.47 bits per heavy atom. The number of nitrogens with one attached hydrogen (secondary N) is 1. The number of rotatable bonds is 2. The minimum atomic E-state index is -0.316. The number of aromatic nitrogens is 4. The molecule has 2 N–H and O–H groups in total. The maximum Gasteiger partial charge on any atom is 0.258 e. The highest BCUT2D eigenvalue weighted by Crippen LogP contribution is 2.21. The Morgan fingerprint density at radius 2 is 2.18 bits per heavy atom. The molecule has 0 radical (unpaired) electrons. The van der Waals surface area contributed by atoms with Crippen LogP contribution in [-0.4, -0.2) is 24.9 Å². The number of aromatic amines is 1. The zero-order valence-corrected chi connectivity index (χ0v) is 9.93. The van der Waals surface area contributed by atoms with Crippen molar-refractivity contribution >= 4 is 0 Å². The van der Waals surface area contributed by atoms with Crippen molar-refractivity contribution in [2.24, 2.45) is 7.05 Å². The number of hydrogen-bond acceptors (Lipinski definition) is 4. The molecule has 0 unspecified atom stereocenters. The number of H-pyrrole nitrogens is 1. The molecule has 0 atom stereocenters. The zero-order valence-electron chi connectivity index (χ0n) is 9.93. The van der Waals surface area contributed by atoms with E-state index in [2.05, 4.69) is 15.1 Å². The van der Waals surface area contributed by atoms with E-state index in [4.69, 9.17) is 0 Å². The van der Waals surface area contributed by atoms with E-state index >= 15 is 0 Å². The van der Waals surface area contributed by atoms with E-state index in [-0.39, 0.29) is 17.4 Å². The van der Waals surface area contributed by atoms with Gasteiger partial charge in [-0.25, -0.2) is 0 Å². The first kappa shape index (κ1) is 11.4. The van der Waals surface area contributed by atoms with Gasteiger partial charge in [-0.05, 0) is 12.0 Å². The fourth-order valence-electron chi connectivity index (χ4n) is 1.72. The van der Waals surface area contributed by atoms with Crippen molar-refractivity contribution in [2.45, 2.75) is 19.8 Å². The smallest absolute Gasteiger partial charge is 0.258 e. The molecule has 0 aliphatic carbocycles. The van der Waals surface area contributed by atoms with Gasteiger partial charge in [0.1, 0.15) is 5.69 Å². The summed E-state index contributed by atoms with van der Waals surface area (Å²) in [5.41, 5.74) is 0.632. The largest absolute Gasteiger partial charge is 0.493 e. The van der Waals surface area contributed by atoms with Gasteiger partial charge < -0.3 is 10.1 Å². The Morgan fingerprint density at radius 3 is 2.65 bits per heavy atom. The molecule has 2 aromatic rings. The molecule has 2 heterocycles. The molecule has 0 amide bonds. The predicted molar refractivity (Wildman–Crippen MR) is 62.8 cm³/mol. The Balaban J connectivity index is 2.61. The Labute approximate surface area is 98.0 Å². The van der Waals surface area contributed by atoms with Crippen molar-refractivity contribution < 1.29 is 5.11 Å². The highest BCUT2D eigenvalue weighted by atomic mass is 16.3. The van der Waals surface area contributed by atoms with Gasteiger partial charge in [-0.1, -0.05) is 13.8 Å². The Hall–Kier alpha value is -2.11. The molecule has 6 heteroatoms. The van der Waals surface area contributed by atoms with Gasteiger partial charge in [0.05, 0.1) is 5.56 Å². The van der Waals surface area contributed by atoms with E-state index < -0.39 is 0 Å². The van der Waals surface area contributed by atoms with Crippen LogP contribution < -0.4 is 5.56 Å². The average molecular weight is 234 g/mol. The SMILES string of the molecule is CC(C)c1c(O)nc(-c2ccnn2C)[nH]c1=O. The summed E-state index contributed by atoms with van der Waals surface area (Å²) in [5, 5.41) is 13.8. The summed E-state index contributed by atoms with van der Waals surface area (Å²) in [4.78, 5) is 18.5. The fraction of sp³-hybridized carbons (Fsp3) is 0.364. The van der Waals surface area contributed by atoms with Crippen LogP contribution in [0.15, 0.2) is 17.1 Å². The van der Waals surface area contributed by atoms with E-state index in [1.807, 2.05) is 13.8 Å². The molecule has 0 saturated heterocycles. The first-order valence-electron chi connectivity index (χ1n) is 5.32. The van der Waals surface area contributed by atoms with E-state index in [0.717, 1.165) is 0 Å². The summed E-state index contributed by atoms with van der Waals surface area (Å²) >= 11 is 0. The van der Waals surface area contributed by atoms with E-state index in [1.165, 1.54) is 0 Å². The van der Waals surface area contributed by atoms with Gasteiger partial charge >= 0.3 is 0 Å². The third-order valence-electron chi connectivity index (χ3n) is 2.58. The number of nitrogens with zero attached hydrogens (tertiary/aromatic N) is 3. The molecule has 0 bridgehead atoms. The molecule has 0 spiro atoms. The molecule has 90 valence electrons. The zero-order chi connectivity index (χ0) is 12.6. The van der Waals surface area contributed by atoms with Gasteiger partial charge in [-0.3, -0.25) is 9.48 Å². The first-order chi connectivity index (χ1) is 8.00. The molecule has 6 nitrogen and oxygen atoms in total. The standard InChI is InChI=1S/C11H14N4O2/c1-6(2)8-10(16)13-9(14-11(8)17)7-4-5-12-15(7)3/h4-6H,1-3H3,(H2,13,14,16,17). The van der Waals surface area contributed by atoms with Crippen LogP contribution in [0.5, 0.6) is 5.88 Å². The lowest BCUT2D eigenvalue weighted by Crippen LogP contribution is -2.17. The number of hydrogen-bond donors (Lipinski definition) is 2. The number of aromatic hydroxyl groups is 1. The summed E-state index contributed by atoms with van der Waals surface area (Å²) in [5.74, 6) is 0.0173. The van der Waals surface area contributed by atoms with Crippen molar-refractivity contribution in [3.63, 3.8) is 0 Å². The maximum atomic E-state index is 11.8. The average Bonchev–Trinajstić information content (AvgIpc) is 2.62. The normalized spacial score (nSPS) is 11.1. The molecular weight excluding hydrogens is 220 g/mol. The van der Waals surface area contributed by atoms with Crippen LogP contribution in [0.1, 0.15) is 25.3 Å². The van der Waals surface area contributed by atoms with Gasteiger partial charge in [-0.2, -0.15) is 10.1 Å². The molecule has 0 aromatic carbocycles. The third-order valence-corrected chi connectivity index (χ3v) is 2.58. The van der Waals surface area contributed by atoms with E-state index in [9.17, 15) is 9.90 Å². The second kappa shape index (κ2) is 4.04. The third kappa shape index (κ3) is 1.93. The van der Waals surface area contributed by atoms with E-state index in [1.54, 1.807) is 24.0 Å². The summed E-state index contributed by atoms with van der Waals surface area (Å²) in [6, 6.07) is 1.72. The molecular formula is C11H14N4O2. The fourth-order valence-corrected chi connectivity index (χ4v) is 1.72. The molecule has 0 fully saturated rings. The van der Waals surface area contributed by atoms with Crippen molar-refractivity contribution in [2.75, 3.05) is 0 Å². The van der Waals surface area contributed by atoms with Crippen molar-refractivity contribution in [3.8, 4) is 17.4 Å². The molecule has 0 saturated carbocycles. The van der Waals surface area contributed by atoms with Crippen LogP contribution in [0.4, 0.5) is 0 Å². The lowest BCUT2D eigenvalue weighted by molar-refractivity contribution is 0.440. The lowest BCUT2D eigenvalue weighted by Gasteiger charge is -2.08. The van der Waals surface area contributed by atoms with Crippen LogP contribution in [0, 0.1) is 0 Å². The van der Waals surface area contributed by atoms with Gasteiger partial charge in [0.15, 0.2) is 5.82 Å². The van der Waals surface area contributed by atoms with Gasteiger partial charge in [0.2, 0.25) is 5.88 Å². The first-order valence-corrected chi connectivity index (χ1v) is 5.32. The van der Waals surface area contributed by atoms with Crippen LogP contribution in [-0.2, 0) is 7.05 Å². The Bertz CT molecular complexity index is 598. The molecule has 2 rings (SSSR count). The van der Waals surface area contributed by atoms with Gasteiger partial charge in [0, 0.05) is 13.2 Å². The van der Waals surface area contributed by atoms with Crippen LogP contribution in [0.3, 0.4) is 0 Å². The van der Waals surface area contributed by atoms with Crippen molar-refractivity contribution in [3.05, 3.63) is 28.2 Å². The van der Waals surface area contributed by atoms with Crippen molar-refractivity contribution in [1.82, 2.24) is 19.7 Å². The van der Waals surface area contributed by atoms with Crippen LogP contribution in [0.2, 0.25) is 0 Å². The molecule has 2 aromatic heterocycles. The molecule has 0 aliphatic heterocycles. The second-order valence-corrected chi connectivity index (χ2v) is 4.15. The maximum absolute atomic E-state index is 11.8. The summed E-state index contributed by atoms with van der Waals surface area (Å²) < 4.78 is 1.58. The summed E-state index contributed by atoms with van der Waals surface area (Å²) in [6.45, 7) is 3.66. The molecule has 0 aliphatic rings. The minimum absolute atomic E-state index is 0.0770. The van der Waals surface area contributed by atoms with Gasteiger partial charge in [-0.15, -0.1) is 0 Å². The topological polar surface area (TPSA) is 83.8 Å². The second-order valence-electron chi connectivity index (χ2n) is 4.15. The van der Waals surface area contributed by atoms with Crippen LogP contribution >= 0.6 is 0 Å². The van der Waals surface area contributed by atoms with Gasteiger partial charge in [0.25, 0.3) is 5.56 Å². The highest BCUT2D eigenvalue weighted by Gasteiger charge is 2.15. The lowest BCUT2D eigenvalue weighted by atomic mass is 10.1. The summed E-state index contributed by atoms with van der Waals surface area (Å²) in [6.07, 6.45) is 1.60. The Kier molecular flexibility index (Phi) is 2.71. The van der Waals surface area contributed by atoms with E-state index in [0.29, 0.717) is 17.1 Å². The van der Waals surface area contributed by atoms with Crippen molar-refractivity contribution in [1.29, 1.82) is 0 Å². The summed E-state index contributed by atoms with van der Waals surface area (Å²) in [7, 11) is 1.74. The highest BCUT2D eigenvalue weighted by molar-refractivity contribution is 5.50. The monoisotopic (exact) mass is 234 g/mol. The molecule has 17 heavy (non-hydrogen) atoms. The quantitative estimate of drug-likeness (QED) is 0.811.